The van der Waals surface area contributed by atoms with Gasteiger partial charge < -0.3 is 4.90 Å². The molecule has 0 unspecified atom stereocenters. The maximum Gasteiger partial charge on any atom is 0.237 e. The number of hydrogen-bond donors (Lipinski definition) is 0. The summed E-state index contributed by atoms with van der Waals surface area (Å²) < 4.78 is 0. The number of aromatic nitrogens is 2. The molecule has 0 saturated heterocycles. The second kappa shape index (κ2) is 7.90. The molecule has 0 N–H and O–H groups in total. The fraction of sp³-hybridized carbons (Fsp3) is 0.286. The Morgan fingerprint density at radius 2 is 1.96 bits per heavy atom. The van der Waals surface area contributed by atoms with E-state index in [1.54, 1.807) is 0 Å². The number of thioether (sulfide) groups is 2. The summed E-state index contributed by atoms with van der Waals surface area (Å²) >= 11 is 3.35. The van der Waals surface area contributed by atoms with Crippen molar-refractivity contribution in [3.8, 4) is 0 Å². The summed E-state index contributed by atoms with van der Waals surface area (Å²) in [5, 5.41) is 2.38. The zero-order valence-electron chi connectivity index (χ0n) is 15.4. The fourth-order valence-corrected chi connectivity index (χ4v) is 5.28. The van der Waals surface area contributed by atoms with E-state index >= 15 is 0 Å². The van der Waals surface area contributed by atoms with Crippen molar-refractivity contribution in [2.45, 2.75) is 35.4 Å². The highest BCUT2D eigenvalue weighted by molar-refractivity contribution is 8.00. The normalized spacial score (nSPS) is 16.8. The topological polar surface area (TPSA) is 46.1 Å². The monoisotopic (exact) mass is 395 g/mol. The van der Waals surface area contributed by atoms with Crippen LogP contribution < -0.4 is 4.90 Å². The third kappa shape index (κ3) is 3.96. The maximum absolute atomic E-state index is 13.1. The van der Waals surface area contributed by atoms with Crippen LogP contribution in [0, 0.1) is 6.92 Å². The van der Waals surface area contributed by atoms with Gasteiger partial charge >= 0.3 is 0 Å². The molecule has 0 fully saturated rings. The lowest BCUT2D eigenvalue weighted by atomic mass is 10.2. The molecule has 0 aliphatic carbocycles. The molecule has 0 spiro atoms. The number of aryl methyl sites for hydroxylation is 1. The van der Waals surface area contributed by atoms with E-state index in [2.05, 4.69) is 23.0 Å². The van der Waals surface area contributed by atoms with Crippen LogP contribution in [-0.4, -0.2) is 33.4 Å². The van der Waals surface area contributed by atoms with Gasteiger partial charge in [-0.05, 0) is 31.5 Å². The number of hydrogen-bond acceptors (Lipinski definition) is 5. The van der Waals surface area contributed by atoms with Crippen LogP contribution in [-0.2, 0) is 4.79 Å². The lowest BCUT2D eigenvalue weighted by Crippen LogP contribution is -2.33. The first-order chi connectivity index (χ1) is 13.1. The van der Waals surface area contributed by atoms with Crippen LogP contribution in [0.4, 0.5) is 5.69 Å². The van der Waals surface area contributed by atoms with Gasteiger partial charge in [-0.15, -0.1) is 11.8 Å². The highest BCUT2D eigenvalue weighted by Gasteiger charge is 2.24. The van der Waals surface area contributed by atoms with Gasteiger partial charge in [0.25, 0.3) is 0 Å². The van der Waals surface area contributed by atoms with Gasteiger partial charge in [0.1, 0.15) is 10.9 Å². The van der Waals surface area contributed by atoms with E-state index in [0.717, 1.165) is 40.4 Å². The Kier molecular flexibility index (Phi) is 5.36. The number of fused-ring (bicyclic) bond motifs is 2. The summed E-state index contributed by atoms with van der Waals surface area (Å²) in [5.74, 6) is 1.23. The molecule has 4 rings (SSSR count). The van der Waals surface area contributed by atoms with Crippen LogP contribution >= 0.6 is 23.5 Å². The molecule has 1 amide bonds. The van der Waals surface area contributed by atoms with Crippen molar-refractivity contribution in [2.75, 3.05) is 17.2 Å². The Labute approximate surface area is 167 Å². The van der Waals surface area contributed by atoms with Crippen LogP contribution in [0.15, 0.2) is 58.5 Å². The predicted octanol–water partition coefficient (Wildman–Crippen LogP) is 4.95. The number of amides is 1. The van der Waals surface area contributed by atoms with Gasteiger partial charge in [0.15, 0.2) is 0 Å². The number of anilines is 1. The van der Waals surface area contributed by atoms with Crippen LogP contribution in [0.3, 0.4) is 0 Å². The van der Waals surface area contributed by atoms with Crippen LogP contribution in [0.2, 0.25) is 0 Å². The smallest absolute Gasteiger partial charge is 0.237 e. The number of carbonyl (C=O) groups excluding carboxylic acids is 1. The lowest BCUT2D eigenvalue weighted by molar-refractivity contribution is -0.116. The molecular weight excluding hydrogens is 374 g/mol. The van der Waals surface area contributed by atoms with E-state index in [4.69, 9.17) is 0 Å². The van der Waals surface area contributed by atoms with E-state index in [1.165, 1.54) is 16.7 Å². The molecule has 1 aliphatic rings. The summed E-state index contributed by atoms with van der Waals surface area (Å²) in [6.07, 6.45) is 0.991. The van der Waals surface area contributed by atoms with Crippen LogP contribution in [0.5, 0.6) is 0 Å². The Balaban J connectivity index is 1.57. The van der Waals surface area contributed by atoms with Crippen LogP contribution in [0.25, 0.3) is 10.9 Å². The molecule has 0 radical (unpaired) electrons. The lowest BCUT2D eigenvalue weighted by Gasteiger charge is -2.22. The number of benzene rings is 2. The average Bonchev–Trinajstić information content (AvgIpc) is 2.84. The first kappa shape index (κ1) is 18.3. The molecule has 138 valence electrons. The van der Waals surface area contributed by atoms with Gasteiger partial charge in [0, 0.05) is 22.1 Å². The standard InChI is InChI=1S/C21H21N3OS2/c1-14-11-12-24(18-9-5-6-10-19(18)27-14)20(25)13-26-21-16-7-3-4-8-17(16)22-15(2)23-21/h3-10,14H,11-13H2,1-2H3/t14-/m0/s1. The average molecular weight is 396 g/mol. The minimum Gasteiger partial charge on any atom is -0.311 e. The second-order valence-electron chi connectivity index (χ2n) is 6.61. The Morgan fingerprint density at radius 1 is 1.19 bits per heavy atom. The van der Waals surface area contributed by atoms with Crippen LogP contribution in [0.1, 0.15) is 19.2 Å². The van der Waals surface area contributed by atoms with Gasteiger partial charge in [-0.1, -0.05) is 49.0 Å². The first-order valence-corrected chi connectivity index (χ1v) is 10.9. The number of para-hydroxylation sites is 2. The van der Waals surface area contributed by atoms with Gasteiger partial charge in [-0.25, -0.2) is 9.97 Å². The SMILES string of the molecule is Cc1nc(SCC(=O)N2CC[C@H](C)Sc3ccccc32)c2ccccc2n1. The molecule has 3 aromatic rings. The quantitative estimate of drug-likeness (QED) is 0.464. The van der Waals surface area contributed by atoms with E-state index in [-0.39, 0.29) is 5.91 Å². The molecule has 1 aliphatic heterocycles. The van der Waals surface area contributed by atoms with Gasteiger partial charge in [-0.2, -0.15) is 0 Å². The highest BCUT2D eigenvalue weighted by Crippen LogP contribution is 2.37. The molecule has 27 heavy (non-hydrogen) atoms. The van der Waals surface area contributed by atoms with E-state index in [0.29, 0.717) is 11.0 Å². The molecule has 2 aromatic carbocycles. The minimum atomic E-state index is 0.127. The predicted molar refractivity (Wildman–Crippen MR) is 114 cm³/mol. The molecule has 6 heteroatoms. The third-order valence-corrected chi connectivity index (χ3v) is 6.77. The van der Waals surface area contributed by atoms with Gasteiger partial charge in [-0.3, -0.25) is 4.79 Å². The summed E-state index contributed by atoms with van der Waals surface area (Å²) in [6, 6.07) is 16.2. The van der Waals surface area contributed by atoms with Gasteiger partial charge in [0.2, 0.25) is 5.91 Å². The maximum atomic E-state index is 13.1. The van der Waals surface area contributed by atoms with Crippen molar-refractivity contribution >= 4 is 46.0 Å². The summed E-state index contributed by atoms with van der Waals surface area (Å²) in [6.45, 7) is 4.87. The minimum absolute atomic E-state index is 0.127. The molecule has 0 bridgehead atoms. The number of rotatable bonds is 3. The summed E-state index contributed by atoms with van der Waals surface area (Å²) in [7, 11) is 0. The Bertz CT molecular complexity index is 992. The zero-order valence-corrected chi connectivity index (χ0v) is 17.0. The summed E-state index contributed by atoms with van der Waals surface area (Å²) in [4.78, 5) is 25.2. The molecule has 0 saturated carbocycles. The van der Waals surface area contributed by atoms with E-state index in [1.807, 2.05) is 66.1 Å². The molecule has 4 nitrogen and oxygen atoms in total. The van der Waals surface area contributed by atoms with E-state index < -0.39 is 0 Å². The number of nitrogens with zero attached hydrogens (tertiary/aromatic N) is 3. The van der Waals surface area contributed by atoms with Crippen molar-refractivity contribution in [2.24, 2.45) is 0 Å². The third-order valence-electron chi connectivity index (χ3n) is 4.56. The van der Waals surface area contributed by atoms with Crippen molar-refractivity contribution in [1.82, 2.24) is 9.97 Å². The molecule has 2 heterocycles. The van der Waals surface area contributed by atoms with Crippen molar-refractivity contribution in [3.63, 3.8) is 0 Å². The van der Waals surface area contributed by atoms with E-state index in [9.17, 15) is 4.79 Å². The first-order valence-electron chi connectivity index (χ1n) is 9.04. The molecule has 1 aromatic heterocycles. The van der Waals surface area contributed by atoms with Crippen molar-refractivity contribution < 1.29 is 4.79 Å². The Hall–Kier alpha value is -2.05. The Morgan fingerprint density at radius 3 is 2.85 bits per heavy atom. The fourth-order valence-electron chi connectivity index (χ4n) is 3.22. The second-order valence-corrected chi connectivity index (χ2v) is 9.06. The highest BCUT2D eigenvalue weighted by atomic mass is 32.2. The molecular formula is C21H21N3OS2. The van der Waals surface area contributed by atoms with Gasteiger partial charge in [0.05, 0.1) is 17.0 Å². The van der Waals surface area contributed by atoms with Crippen molar-refractivity contribution in [3.05, 3.63) is 54.4 Å². The zero-order chi connectivity index (χ0) is 18.8. The number of carbonyl (C=O) groups is 1. The largest absolute Gasteiger partial charge is 0.311 e. The summed E-state index contributed by atoms with van der Waals surface area (Å²) in [5.41, 5.74) is 1.95. The van der Waals surface area contributed by atoms with Crippen molar-refractivity contribution in [1.29, 1.82) is 0 Å². The molecule has 1 atom stereocenters.